The summed E-state index contributed by atoms with van der Waals surface area (Å²) in [5.74, 6) is -11.9. The Morgan fingerprint density at radius 1 is 0.817 bits per heavy atom. The van der Waals surface area contributed by atoms with E-state index < -0.39 is 191 Å². The Kier molecular flexibility index (Phi) is 28.9. The molecule has 7 amide bonds. The molecule has 8 rings (SSSR count). The van der Waals surface area contributed by atoms with Crippen LogP contribution in [0.5, 0.6) is 0 Å². The molecule has 3 aromatic rings. The average Bonchev–Trinajstić information content (AvgIpc) is 0.670. The second kappa shape index (κ2) is 36.9. The number of hydrogen-bond acceptors (Lipinski definition) is 23. The summed E-state index contributed by atoms with van der Waals surface area (Å²) in [7, 11) is 3.54. The van der Waals surface area contributed by atoms with Gasteiger partial charge < -0.3 is 91.2 Å². The lowest BCUT2D eigenvalue weighted by Gasteiger charge is -2.68. The van der Waals surface area contributed by atoms with Crippen LogP contribution >= 0.6 is 21.6 Å². The third-order valence-electron chi connectivity index (χ3n) is 20.9. The smallest absolute Gasteiger partial charge is 0.410 e. The van der Waals surface area contributed by atoms with Gasteiger partial charge in [-0.1, -0.05) is 141 Å². The number of esters is 3. The van der Waals surface area contributed by atoms with Crippen LogP contribution in [-0.4, -0.2) is 215 Å². The molecule has 33 heteroatoms. The lowest BCUT2D eigenvalue weighted by Crippen LogP contribution is -2.80. The maximum atomic E-state index is 16.1. The zero-order chi connectivity index (χ0) is 79.9. The summed E-state index contributed by atoms with van der Waals surface area (Å²) in [6.07, 6.45) is -10.2. The summed E-state index contributed by atoms with van der Waals surface area (Å²) in [4.78, 5) is 173. The molecule has 31 nitrogen and oxygen atoms in total. The third-order valence-corrected chi connectivity index (χ3v) is 23.3. The minimum atomic E-state index is -2.37. The first-order valence-corrected chi connectivity index (χ1v) is 38.8. The lowest BCUT2D eigenvalue weighted by molar-refractivity contribution is -0.340. The van der Waals surface area contributed by atoms with Crippen molar-refractivity contribution in [1.82, 2.24) is 42.1 Å². The number of nitrogens with zero attached hydrogens (tertiary/aromatic N) is 1. The van der Waals surface area contributed by atoms with Crippen molar-refractivity contribution in [2.75, 3.05) is 51.4 Å². The fourth-order valence-electron chi connectivity index (χ4n) is 15.1. The zero-order valence-electron chi connectivity index (χ0n) is 63.2. The molecule has 2 heterocycles. The number of ether oxygens (including phenoxy) is 7. The first-order chi connectivity index (χ1) is 51.5. The molecule has 2 saturated carbocycles. The quantitative estimate of drug-likeness (QED) is 0.00922. The Balaban J connectivity index is 1.13. The van der Waals surface area contributed by atoms with E-state index in [4.69, 9.17) is 44.3 Å². The summed E-state index contributed by atoms with van der Waals surface area (Å²) < 4.78 is 44.2. The molecule has 2 aliphatic heterocycles. The highest BCUT2D eigenvalue weighted by molar-refractivity contribution is 8.76. The minimum absolute atomic E-state index is 0.0399. The van der Waals surface area contributed by atoms with Gasteiger partial charge in [0.1, 0.15) is 65.8 Å². The molecule has 5 aliphatic rings. The Labute approximate surface area is 641 Å². The van der Waals surface area contributed by atoms with Gasteiger partial charge in [-0.15, -0.1) is 0 Å². The molecular weight excluding hydrogens is 1450 g/mol. The second-order valence-electron chi connectivity index (χ2n) is 29.8. The molecule has 0 spiro atoms. The molecule has 109 heavy (non-hydrogen) atoms. The molecule has 15 atom stereocenters. The molecule has 0 aromatic heterocycles. The number of aliphatic hydroxyl groups is 1. The maximum Gasteiger partial charge on any atom is 0.410 e. The summed E-state index contributed by atoms with van der Waals surface area (Å²) in [5.41, 5.74) is -1.54. The molecule has 2 saturated heterocycles. The topological polar surface area (TPSA) is 447 Å². The van der Waals surface area contributed by atoms with Crippen molar-refractivity contribution < 1.29 is 101 Å². The number of hydrogen-bond donors (Lipinski definition) is 11. The molecular formula is C76H102N10O21S2. The van der Waals surface area contributed by atoms with Crippen LogP contribution < -0.4 is 43.0 Å². The fraction of sp³-hybridized carbons (Fsp3) is 0.566. The highest BCUT2D eigenvalue weighted by Crippen LogP contribution is 2.66. The number of carboxylic acid groups (broad SMARTS) is 1. The van der Waals surface area contributed by atoms with E-state index in [9.17, 15) is 53.4 Å². The number of carbonyl (C=O) groups excluding carboxylic acids is 11. The Morgan fingerprint density at radius 3 is 2.05 bits per heavy atom. The first-order valence-electron chi connectivity index (χ1n) is 36.3. The number of carbonyl (C=O) groups is 12. The lowest BCUT2D eigenvalue weighted by atomic mass is 9.43. The van der Waals surface area contributed by atoms with Crippen molar-refractivity contribution in [3.05, 3.63) is 119 Å². The molecule has 3 aromatic carbocycles. The first kappa shape index (κ1) is 85.3. The SMILES string of the molecule is CCCCN(CCSSC[C@@H]1NC(=O)[C@@H](Cc2ccccc2)NC(=O)[C@H](CC(=O)O)NC(=O)CNC(=O)[C@H](CCCNC(=N)N)NC1=O)C(=O)O[C@@H](C(=O)OC1C[C@@]2(O)[C@@H](OC(=O)c3ccccc3)[C@@H]3[C@]4(OC(C)=O)CO[C@@H]4C[C@H](C)[C@@]3(C)C(=O)[C@H](OC)C(=C1C)C2(C)C)[C@@H](NC(=O)OC(C)(C)C)c1ccccc1. The number of amides is 7. The monoisotopic (exact) mass is 1550 g/mol. The fourth-order valence-corrected chi connectivity index (χ4v) is 17.2. The van der Waals surface area contributed by atoms with Crippen LogP contribution in [0.25, 0.3) is 0 Å². The van der Waals surface area contributed by atoms with Crippen LogP contribution in [0.2, 0.25) is 0 Å². The van der Waals surface area contributed by atoms with Gasteiger partial charge in [0.05, 0.1) is 31.1 Å². The van der Waals surface area contributed by atoms with E-state index >= 15 is 14.4 Å². The number of nitrogens with two attached hydrogens (primary N) is 1. The van der Waals surface area contributed by atoms with Gasteiger partial charge in [-0.3, -0.25) is 43.8 Å². The van der Waals surface area contributed by atoms with Gasteiger partial charge in [-0.05, 0) is 93.7 Å². The number of rotatable bonds is 27. The zero-order valence-corrected chi connectivity index (χ0v) is 64.8. The summed E-state index contributed by atoms with van der Waals surface area (Å²) in [6, 6.07) is 16.9. The van der Waals surface area contributed by atoms with Gasteiger partial charge >= 0.3 is 36.1 Å². The van der Waals surface area contributed by atoms with Crippen molar-refractivity contribution in [3.63, 3.8) is 0 Å². The summed E-state index contributed by atoms with van der Waals surface area (Å²) >= 11 is 0. The molecule has 594 valence electrons. The van der Waals surface area contributed by atoms with Crippen molar-refractivity contribution in [2.24, 2.45) is 28.4 Å². The van der Waals surface area contributed by atoms with Gasteiger partial charge in [0.2, 0.25) is 35.6 Å². The molecule has 12 N–H and O–H groups in total. The van der Waals surface area contributed by atoms with Gasteiger partial charge in [-0.25, -0.2) is 19.2 Å². The van der Waals surface area contributed by atoms with Gasteiger partial charge in [0.25, 0.3) is 0 Å². The van der Waals surface area contributed by atoms with Gasteiger partial charge in [0.15, 0.2) is 17.3 Å². The van der Waals surface area contributed by atoms with E-state index in [-0.39, 0.29) is 91.7 Å². The predicted octanol–water partition coefficient (Wildman–Crippen LogP) is 4.87. The van der Waals surface area contributed by atoms with Gasteiger partial charge in [0, 0.05) is 68.8 Å². The predicted molar refractivity (Wildman–Crippen MR) is 399 cm³/mol. The van der Waals surface area contributed by atoms with Crippen LogP contribution in [0.15, 0.2) is 102 Å². The van der Waals surface area contributed by atoms with Crippen LogP contribution in [-0.2, 0) is 82.7 Å². The van der Waals surface area contributed by atoms with E-state index in [1.165, 1.54) is 31.1 Å². The molecule has 4 fully saturated rings. The third kappa shape index (κ3) is 20.4. The van der Waals surface area contributed by atoms with E-state index in [0.717, 1.165) is 21.6 Å². The number of unbranched alkanes of at least 4 members (excludes halogenated alkanes) is 1. The van der Waals surface area contributed by atoms with E-state index in [2.05, 4.69) is 37.2 Å². The number of aliphatic carboxylic acids is 1. The highest BCUT2D eigenvalue weighted by atomic mass is 33.1. The highest BCUT2D eigenvalue weighted by Gasteiger charge is 2.77. The second-order valence-corrected chi connectivity index (χ2v) is 32.4. The number of Topliss-reactive ketones (excluding diaryl/α,β-unsaturated/α-hetero) is 1. The van der Waals surface area contributed by atoms with E-state index in [1.807, 2.05) is 13.8 Å². The number of methoxy groups -OCH3 is 1. The number of fused-ring (bicyclic) bond motifs is 5. The number of guanidine groups is 1. The van der Waals surface area contributed by atoms with Crippen LogP contribution in [0.1, 0.15) is 142 Å². The van der Waals surface area contributed by atoms with E-state index in [0.29, 0.717) is 18.4 Å². The van der Waals surface area contributed by atoms with Crippen molar-refractivity contribution in [2.45, 2.75) is 198 Å². The van der Waals surface area contributed by atoms with Crippen molar-refractivity contribution in [3.8, 4) is 0 Å². The van der Waals surface area contributed by atoms with Crippen molar-refractivity contribution >= 4 is 98.9 Å². The largest absolute Gasteiger partial charge is 0.481 e. The van der Waals surface area contributed by atoms with Gasteiger partial charge in [-0.2, -0.15) is 0 Å². The maximum absolute atomic E-state index is 16.1. The molecule has 2 bridgehead atoms. The Bertz CT molecular complexity index is 3870. The Morgan fingerprint density at radius 2 is 1.44 bits per heavy atom. The average molecular weight is 1560 g/mol. The van der Waals surface area contributed by atoms with Crippen LogP contribution in [0, 0.1) is 28.1 Å². The molecule has 1 unspecified atom stereocenters. The summed E-state index contributed by atoms with van der Waals surface area (Å²) in [6.45, 7) is 15.4. The number of ketones is 1. The number of carboxylic acids is 1. The normalized spacial score (nSPS) is 27.6. The Hall–Kier alpha value is -9.31. The van der Waals surface area contributed by atoms with Crippen LogP contribution in [0.3, 0.4) is 0 Å². The molecule has 3 aliphatic carbocycles. The van der Waals surface area contributed by atoms with Crippen LogP contribution in [0.4, 0.5) is 9.59 Å². The van der Waals surface area contributed by atoms with E-state index in [1.54, 1.807) is 127 Å². The van der Waals surface area contributed by atoms with Crippen molar-refractivity contribution in [1.29, 1.82) is 5.41 Å². The minimum Gasteiger partial charge on any atom is -0.481 e. The standard InChI is InChI=1S/C76H102N10O21S2/c1-12-13-32-86(33-34-108-109-40-51-66(95)82-48(30-23-31-79-69(77)78)63(92)80-39-54(88)81-50(37-55(89)90)65(94)83-49(64(93)84-51)36-45-24-17-14-18-25-45)71(99)104-59(57(46-26-19-15-20-27-46)85-70(98)107-72(5,6)7)68(97)103-52-38-76(100)62(105-67(96)47-28-21-16-22-29-47)60-74(10,42(2)35-53-75(60,41-102-53)106-44(4)87)61(91)58(101-11)56(43(52)3)73(76,8)9/h14-22,24-29,42,48-53,57-60,62,100H,12-13,23,30-41H2,1-11H3,(H,80,92)(H,81,88)(H,82,95)(H,83,94)(H,84,93)(H,85,98)(H,89,90)(H4,77,78,79)/t42-,48-,49+,50-,51-,52?,53+,57-,58+,59+,60-,62-,74+,75-,76+/m0/s1. The molecule has 0 radical (unpaired) electrons. The number of alkyl carbamates (subject to hydrolysis) is 1. The number of benzene rings is 3. The summed E-state index contributed by atoms with van der Waals surface area (Å²) in [5, 5.41) is 49.7. The number of nitrogens with one attached hydrogen (secondary N) is 8.